The van der Waals surface area contributed by atoms with Gasteiger partial charge < -0.3 is 0 Å². The van der Waals surface area contributed by atoms with E-state index in [0.717, 1.165) is 0 Å². The van der Waals surface area contributed by atoms with E-state index in [4.69, 9.17) is 22.7 Å². The fourth-order valence-corrected chi connectivity index (χ4v) is 3.54. The summed E-state index contributed by atoms with van der Waals surface area (Å²) in [6, 6.07) is 8.14. The van der Waals surface area contributed by atoms with E-state index >= 15 is 0 Å². The lowest BCUT2D eigenvalue weighted by molar-refractivity contribution is 1.43. The topological polar surface area (TPSA) is 0 Å². The molecule has 3 heteroatoms. The first-order valence-corrected chi connectivity index (χ1v) is 8.43. The average molecular weight is 219 g/mol. The van der Waals surface area contributed by atoms with Crippen LogP contribution >= 0.6 is 22.7 Å². The average Bonchev–Trinajstić information content (AvgIpc) is 2.03. The Labute approximate surface area is 84.2 Å². The van der Waals surface area contributed by atoms with Crippen molar-refractivity contribution in [3.63, 3.8) is 0 Å². The van der Waals surface area contributed by atoms with E-state index in [9.17, 15) is 0 Å². The minimum absolute atomic E-state index is 0.555. The molecule has 0 amide bonds. The molecule has 0 aromatic heterocycles. The van der Waals surface area contributed by atoms with Gasteiger partial charge in [-0.15, -0.1) is 11.6 Å². The first-order chi connectivity index (χ1) is 5.55. The third-order valence-corrected chi connectivity index (χ3v) is 4.47. The highest BCUT2D eigenvalue weighted by atomic mass is 35.6. The Morgan fingerprint density at radius 2 is 1.83 bits per heavy atom. The molecule has 66 valence electrons. The summed E-state index contributed by atoms with van der Waals surface area (Å²) in [6.07, 6.45) is 0. The molecular weight excluding hydrogens is 207 g/mol. The maximum Gasteiger partial charge on any atom is 0.181 e. The molecule has 0 aliphatic carbocycles. The maximum atomic E-state index is 6.32. The SMILES string of the molecule is C[Si](C)(Cl)c1ccccc1CCl. The molecule has 0 spiro atoms. The molecule has 1 aromatic rings. The van der Waals surface area contributed by atoms with Crippen LogP contribution in [-0.4, -0.2) is 7.38 Å². The number of halogens is 2. The molecule has 0 aliphatic heterocycles. The van der Waals surface area contributed by atoms with Crippen molar-refractivity contribution in [2.45, 2.75) is 19.0 Å². The van der Waals surface area contributed by atoms with Gasteiger partial charge in [0.25, 0.3) is 0 Å². The van der Waals surface area contributed by atoms with Gasteiger partial charge in [-0.05, 0) is 10.8 Å². The Bertz CT molecular complexity index is 265. The van der Waals surface area contributed by atoms with Crippen LogP contribution in [0.3, 0.4) is 0 Å². The van der Waals surface area contributed by atoms with Gasteiger partial charge in [-0.3, -0.25) is 0 Å². The van der Waals surface area contributed by atoms with Gasteiger partial charge in [0.15, 0.2) is 7.38 Å². The number of alkyl halides is 1. The summed E-state index contributed by atoms with van der Waals surface area (Å²) in [5.41, 5.74) is 1.17. The summed E-state index contributed by atoms with van der Waals surface area (Å²) in [6.45, 7) is 4.22. The first kappa shape index (κ1) is 10.1. The second-order valence-corrected chi connectivity index (χ2v) is 9.85. The lowest BCUT2D eigenvalue weighted by Crippen LogP contribution is -2.37. The monoisotopic (exact) mass is 218 g/mol. The molecule has 12 heavy (non-hydrogen) atoms. The highest BCUT2D eigenvalue weighted by molar-refractivity contribution is 7.26. The minimum Gasteiger partial charge on any atom is -0.162 e. The van der Waals surface area contributed by atoms with Crippen molar-refractivity contribution in [3.05, 3.63) is 29.8 Å². The lowest BCUT2D eigenvalue weighted by Gasteiger charge is -2.16. The van der Waals surface area contributed by atoms with Crippen LogP contribution in [0.4, 0.5) is 0 Å². The van der Waals surface area contributed by atoms with Crippen molar-refractivity contribution in [2.75, 3.05) is 0 Å². The van der Waals surface area contributed by atoms with Crippen molar-refractivity contribution in [2.24, 2.45) is 0 Å². The standard InChI is InChI=1S/C9H12Cl2Si/c1-12(2,11)9-6-4-3-5-8(9)7-10/h3-6H,7H2,1-2H3. The molecule has 0 unspecified atom stereocenters. The van der Waals surface area contributed by atoms with Crippen molar-refractivity contribution in [3.8, 4) is 0 Å². The molecule has 0 fully saturated rings. The predicted octanol–water partition coefficient (Wildman–Crippen LogP) is 3.08. The fourth-order valence-electron chi connectivity index (χ4n) is 1.22. The van der Waals surface area contributed by atoms with Crippen LogP contribution in [0.25, 0.3) is 0 Å². The van der Waals surface area contributed by atoms with Gasteiger partial charge >= 0.3 is 0 Å². The van der Waals surface area contributed by atoms with Gasteiger partial charge in [-0.2, -0.15) is 11.1 Å². The third-order valence-electron chi connectivity index (χ3n) is 1.80. The third kappa shape index (κ3) is 2.25. The van der Waals surface area contributed by atoms with Gasteiger partial charge in [-0.1, -0.05) is 37.4 Å². The van der Waals surface area contributed by atoms with E-state index in [1.54, 1.807) is 0 Å². The van der Waals surface area contributed by atoms with E-state index in [-0.39, 0.29) is 0 Å². The highest BCUT2D eigenvalue weighted by Gasteiger charge is 2.22. The number of hydrogen-bond acceptors (Lipinski definition) is 0. The zero-order valence-corrected chi connectivity index (χ0v) is 9.78. The Morgan fingerprint density at radius 1 is 1.25 bits per heavy atom. The van der Waals surface area contributed by atoms with Crippen LogP contribution in [0.5, 0.6) is 0 Å². The van der Waals surface area contributed by atoms with Crippen LogP contribution in [0.15, 0.2) is 24.3 Å². The van der Waals surface area contributed by atoms with Gasteiger partial charge in [0, 0.05) is 5.88 Å². The van der Waals surface area contributed by atoms with E-state index < -0.39 is 7.38 Å². The quantitative estimate of drug-likeness (QED) is 0.407. The largest absolute Gasteiger partial charge is 0.181 e. The Balaban J connectivity index is 3.14. The summed E-state index contributed by atoms with van der Waals surface area (Å²) in [5.74, 6) is 0.555. The molecular formula is C9H12Cl2Si. The van der Waals surface area contributed by atoms with Crippen molar-refractivity contribution in [1.29, 1.82) is 0 Å². The normalized spacial score (nSPS) is 11.7. The molecule has 1 aromatic carbocycles. The summed E-state index contributed by atoms with van der Waals surface area (Å²) < 4.78 is 0. The van der Waals surface area contributed by atoms with Gasteiger partial charge in [0.1, 0.15) is 0 Å². The minimum atomic E-state index is -1.71. The number of benzene rings is 1. The number of rotatable bonds is 2. The second-order valence-electron chi connectivity index (χ2n) is 3.26. The van der Waals surface area contributed by atoms with Crippen LogP contribution in [0.2, 0.25) is 13.1 Å². The van der Waals surface area contributed by atoms with E-state index in [2.05, 4.69) is 19.2 Å². The summed E-state index contributed by atoms with van der Waals surface area (Å²) in [5, 5.41) is 1.25. The lowest BCUT2D eigenvalue weighted by atomic mass is 10.2. The van der Waals surface area contributed by atoms with Crippen molar-refractivity contribution < 1.29 is 0 Å². The zero-order chi connectivity index (χ0) is 9.19. The van der Waals surface area contributed by atoms with Crippen LogP contribution in [-0.2, 0) is 5.88 Å². The molecule has 0 saturated heterocycles. The van der Waals surface area contributed by atoms with Crippen LogP contribution in [0.1, 0.15) is 5.56 Å². The van der Waals surface area contributed by atoms with Gasteiger partial charge in [0.05, 0.1) is 0 Å². The van der Waals surface area contributed by atoms with E-state index in [1.807, 2.05) is 18.2 Å². The van der Waals surface area contributed by atoms with E-state index in [1.165, 1.54) is 10.8 Å². The van der Waals surface area contributed by atoms with Crippen LogP contribution in [0, 0.1) is 0 Å². The molecule has 0 bridgehead atoms. The van der Waals surface area contributed by atoms with E-state index in [0.29, 0.717) is 5.88 Å². The fraction of sp³-hybridized carbons (Fsp3) is 0.333. The van der Waals surface area contributed by atoms with Crippen LogP contribution < -0.4 is 5.19 Å². The zero-order valence-electron chi connectivity index (χ0n) is 7.27. The Morgan fingerprint density at radius 3 is 2.25 bits per heavy atom. The number of hydrogen-bond donors (Lipinski definition) is 0. The molecule has 0 aliphatic rings. The van der Waals surface area contributed by atoms with Gasteiger partial charge in [0.2, 0.25) is 0 Å². The summed E-state index contributed by atoms with van der Waals surface area (Å²) in [4.78, 5) is 0. The van der Waals surface area contributed by atoms with Gasteiger partial charge in [-0.25, -0.2) is 0 Å². The van der Waals surface area contributed by atoms with Crippen molar-refractivity contribution in [1.82, 2.24) is 0 Å². The van der Waals surface area contributed by atoms with Crippen molar-refractivity contribution >= 4 is 35.3 Å². The molecule has 0 atom stereocenters. The predicted molar refractivity (Wildman–Crippen MR) is 59.0 cm³/mol. The molecule has 0 radical (unpaired) electrons. The molecule has 0 N–H and O–H groups in total. The molecule has 0 saturated carbocycles. The maximum absolute atomic E-state index is 6.32. The second kappa shape index (κ2) is 3.82. The smallest absolute Gasteiger partial charge is 0.162 e. The highest BCUT2D eigenvalue weighted by Crippen LogP contribution is 2.12. The Hall–Kier alpha value is 0.0169. The molecule has 0 heterocycles. The Kier molecular flexibility index (Phi) is 3.21. The molecule has 0 nitrogen and oxygen atoms in total. The summed E-state index contributed by atoms with van der Waals surface area (Å²) in [7, 11) is -1.71. The molecule has 1 rings (SSSR count). The summed E-state index contributed by atoms with van der Waals surface area (Å²) >= 11 is 12.1. The first-order valence-electron chi connectivity index (χ1n) is 3.89.